The quantitative estimate of drug-likeness (QED) is 0.455. The Balaban J connectivity index is 5.14. The van der Waals surface area contributed by atoms with Gasteiger partial charge in [0, 0.05) is 0 Å². The summed E-state index contributed by atoms with van der Waals surface area (Å²) >= 11 is 0. The van der Waals surface area contributed by atoms with Crippen molar-refractivity contribution in [3.63, 3.8) is 0 Å². The summed E-state index contributed by atoms with van der Waals surface area (Å²) in [6.07, 6.45) is -7.89. The van der Waals surface area contributed by atoms with E-state index in [0.717, 1.165) is 0 Å². The van der Waals surface area contributed by atoms with Crippen molar-refractivity contribution in [2.75, 3.05) is 0 Å². The van der Waals surface area contributed by atoms with Crippen LogP contribution in [0, 0.1) is 12.3 Å². The van der Waals surface area contributed by atoms with E-state index in [-0.39, 0.29) is 5.92 Å². The average Bonchev–Trinajstić information content (AvgIpc) is 1.81. The van der Waals surface area contributed by atoms with Gasteiger partial charge in [-0.15, -0.1) is 6.42 Å². The van der Waals surface area contributed by atoms with Crippen LogP contribution >= 0.6 is 0 Å². The zero-order chi connectivity index (χ0) is 10.2. The molecule has 0 heterocycles. The van der Waals surface area contributed by atoms with E-state index >= 15 is 0 Å². The minimum absolute atomic E-state index is 0.264. The highest BCUT2D eigenvalue weighted by atomic mass is 19.4. The molecule has 0 aromatic heterocycles. The van der Waals surface area contributed by atoms with E-state index in [9.17, 15) is 26.3 Å². The van der Waals surface area contributed by atoms with Crippen molar-refractivity contribution >= 4 is 0 Å². The Morgan fingerprint density at radius 2 is 1.17 bits per heavy atom. The molecule has 0 aliphatic carbocycles. The molecule has 0 bridgehead atoms. The van der Waals surface area contributed by atoms with Gasteiger partial charge in [0.2, 0.25) is 0 Å². The number of rotatable bonds is 0. The lowest BCUT2D eigenvalue weighted by Gasteiger charge is -2.26. The maximum Gasteiger partial charge on any atom is 0.438 e. The molecule has 0 radical (unpaired) electrons. The minimum Gasteiger partial charge on any atom is -0.363 e. The predicted molar refractivity (Wildman–Crippen MR) is 25.9 cm³/mol. The molecule has 0 unspecified atom stereocenters. The molecule has 0 atom stereocenters. The molecule has 0 amide bonds. The Kier molecular flexibility index (Phi) is 2.36. The number of alkyl halides is 6. The first-order valence-electron chi connectivity index (χ1n) is 2.40. The fraction of sp³-hybridized carbons (Fsp3) is 0.600. The number of halogens is 6. The van der Waals surface area contributed by atoms with Gasteiger partial charge < -0.3 is 5.11 Å². The lowest BCUT2D eigenvalue weighted by Crippen LogP contribution is -2.55. The number of hydrogen-bond donors (Lipinski definition) is 1. The first-order chi connectivity index (χ1) is 5.06. The van der Waals surface area contributed by atoms with E-state index in [0.29, 0.717) is 0 Å². The molecule has 0 spiro atoms. The van der Waals surface area contributed by atoms with E-state index in [2.05, 4.69) is 6.42 Å². The summed E-state index contributed by atoms with van der Waals surface area (Å²) in [5, 5.41) is 8.01. The fourth-order valence-electron chi connectivity index (χ4n) is 0.324. The molecule has 70 valence electrons. The molecule has 0 rings (SSSR count). The van der Waals surface area contributed by atoms with Crippen molar-refractivity contribution in [2.24, 2.45) is 0 Å². The largest absolute Gasteiger partial charge is 0.438 e. The van der Waals surface area contributed by atoms with E-state index in [1.807, 2.05) is 0 Å². The molecule has 7 heteroatoms. The highest BCUT2D eigenvalue weighted by molar-refractivity contribution is 5.16. The second-order valence-corrected chi connectivity index (χ2v) is 1.85. The second-order valence-electron chi connectivity index (χ2n) is 1.85. The van der Waals surface area contributed by atoms with Crippen LogP contribution in [0.2, 0.25) is 0 Å². The Morgan fingerprint density at radius 1 is 0.917 bits per heavy atom. The Labute approximate surface area is 63.0 Å². The van der Waals surface area contributed by atoms with Crippen LogP contribution in [0.15, 0.2) is 0 Å². The summed E-state index contributed by atoms with van der Waals surface area (Å²) in [6, 6.07) is 0. The third kappa shape index (κ3) is 1.48. The van der Waals surface area contributed by atoms with Crippen LogP contribution < -0.4 is 0 Å². The Morgan fingerprint density at radius 3 is 1.17 bits per heavy atom. The minimum atomic E-state index is -5.92. The molecule has 1 nitrogen and oxygen atoms in total. The van der Waals surface area contributed by atoms with Crippen LogP contribution in [0.25, 0.3) is 0 Å². The van der Waals surface area contributed by atoms with Gasteiger partial charge in [-0.3, -0.25) is 0 Å². The van der Waals surface area contributed by atoms with Gasteiger partial charge in [0.05, 0.1) is 0 Å². The Hall–Kier alpha value is -0.900. The van der Waals surface area contributed by atoms with Gasteiger partial charge in [0.1, 0.15) is 0 Å². The molecule has 0 saturated carbocycles. The molecule has 0 aromatic carbocycles. The topological polar surface area (TPSA) is 20.2 Å². The predicted octanol–water partition coefficient (Wildman–Crippen LogP) is 1.48. The molecule has 0 saturated heterocycles. The molecule has 12 heavy (non-hydrogen) atoms. The standard InChI is InChI=1S/C5H2F6O/c1-2-3(12,4(6,7)8)5(9,10)11/h1,12H. The van der Waals surface area contributed by atoms with Gasteiger partial charge in [0.25, 0.3) is 0 Å². The van der Waals surface area contributed by atoms with E-state index in [1.165, 1.54) is 0 Å². The first-order valence-corrected chi connectivity index (χ1v) is 2.40. The smallest absolute Gasteiger partial charge is 0.363 e. The third-order valence-electron chi connectivity index (χ3n) is 1.03. The number of terminal acetylenes is 1. The van der Waals surface area contributed by atoms with Crippen LogP contribution in [-0.2, 0) is 0 Å². The summed E-state index contributed by atoms with van der Waals surface area (Å²) in [5.74, 6) is 0.264. The Bertz CT molecular complexity index is 191. The highest BCUT2D eigenvalue weighted by Crippen LogP contribution is 2.42. The van der Waals surface area contributed by atoms with Gasteiger partial charge in [-0.2, -0.15) is 26.3 Å². The lowest BCUT2D eigenvalue weighted by atomic mass is 10.1. The van der Waals surface area contributed by atoms with Crippen LogP contribution in [0.5, 0.6) is 0 Å². The molecule has 0 aliphatic heterocycles. The second kappa shape index (κ2) is 2.55. The average molecular weight is 192 g/mol. The van der Waals surface area contributed by atoms with Crippen molar-refractivity contribution in [2.45, 2.75) is 18.0 Å². The summed E-state index contributed by atoms with van der Waals surface area (Å²) in [7, 11) is 0. The normalized spacial score (nSPS) is 14.2. The van der Waals surface area contributed by atoms with Crippen molar-refractivity contribution in [1.82, 2.24) is 0 Å². The number of hydrogen-bond acceptors (Lipinski definition) is 1. The zero-order valence-electron chi connectivity index (χ0n) is 5.29. The van der Waals surface area contributed by atoms with Gasteiger partial charge in [0.15, 0.2) is 0 Å². The molecule has 1 N–H and O–H groups in total. The number of aliphatic hydroxyl groups is 1. The summed E-state index contributed by atoms with van der Waals surface area (Å²) in [6.45, 7) is 0. The maximum atomic E-state index is 11.5. The van der Waals surface area contributed by atoms with Gasteiger partial charge >= 0.3 is 18.0 Å². The molecule has 0 fully saturated rings. The van der Waals surface area contributed by atoms with Crippen LogP contribution in [0.1, 0.15) is 0 Å². The van der Waals surface area contributed by atoms with Crippen LogP contribution in [0.4, 0.5) is 26.3 Å². The molecule has 0 aliphatic rings. The summed E-state index contributed by atoms with van der Waals surface area (Å²) in [5.41, 5.74) is -5.06. The van der Waals surface area contributed by atoms with Gasteiger partial charge in [-0.05, 0) is 0 Å². The van der Waals surface area contributed by atoms with Crippen molar-refractivity contribution in [3.8, 4) is 12.3 Å². The van der Waals surface area contributed by atoms with Crippen LogP contribution in [-0.4, -0.2) is 23.1 Å². The zero-order valence-corrected chi connectivity index (χ0v) is 5.29. The SMILES string of the molecule is C#CC(O)(C(F)(F)F)C(F)(F)F. The molecular weight excluding hydrogens is 190 g/mol. The fourth-order valence-corrected chi connectivity index (χ4v) is 0.324. The van der Waals surface area contributed by atoms with Crippen molar-refractivity contribution in [1.29, 1.82) is 0 Å². The lowest BCUT2D eigenvalue weighted by molar-refractivity contribution is -0.343. The molecule has 0 aromatic rings. The summed E-state index contributed by atoms with van der Waals surface area (Å²) < 4.78 is 68.9. The van der Waals surface area contributed by atoms with Crippen molar-refractivity contribution < 1.29 is 31.4 Å². The van der Waals surface area contributed by atoms with Crippen molar-refractivity contribution in [3.05, 3.63) is 0 Å². The van der Waals surface area contributed by atoms with Gasteiger partial charge in [-0.1, -0.05) is 5.92 Å². The maximum absolute atomic E-state index is 11.5. The van der Waals surface area contributed by atoms with E-state index < -0.39 is 18.0 Å². The molecular formula is C5H2F6O. The summed E-state index contributed by atoms with van der Waals surface area (Å²) in [4.78, 5) is 0. The van der Waals surface area contributed by atoms with E-state index in [1.54, 1.807) is 0 Å². The monoisotopic (exact) mass is 192 g/mol. The highest BCUT2D eigenvalue weighted by Gasteiger charge is 2.70. The third-order valence-corrected chi connectivity index (χ3v) is 1.03. The van der Waals surface area contributed by atoms with E-state index in [4.69, 9.17) is 5.11 Å². The van der Waals surface area contributed by atoms with Gasteiger partial charge in [-0.25, -0.2) is 0 Å². The first kappa shape index (κ1) is 11.1. The van der Waals surface area contributed by atoms with Crippen LogP contribution in [0.3, 0.4) is 0 Å².